The number of nitriles is 1. The van der Waals surface area contributed by atoms with Crippen LogP contribution in [0.2, 0.25) is 0 Å². The topological polar surface area (TPSA) is 53.3 Å². The van der Waals surface area contributed by atoms with Crippen LogP contribution in [0.3, 0.4) is 0 Å². The van der Waals surface area contributed by atoms with Crippen molar-refractivity contribution >= 4 is 5.97 Å². The molecule has 16 heavy (non-hydrogen) atoms. The van der Waals surface area contributed by atoms with Crippen molar-refractivity contribution in [2.75, 3.05) is 13.7 Å². The third kappa shape index (κ3) is 3.21. The quantitative estimate of drug-likeness (QED) is 0.642. The molecule has 0 amide bonds. The lowest BCUT2D eigenvalue weighted by Crippen LogP contribution is -2.42. The van der Waals surface area contributed by atoms with Gasteiger partial charge in [0, 0.05) is 25.0 Å². The number of hydrogen-bond donors (Lipinski definition) is 0. The van der Waals surface area contributed by atoms with Crippen molar-refractivity contribution in [2.45, 2.75) is 45.2 Å². The van der Waals surface area contributed by atoms with E-state index in [4.69, 9.17) is 10.00 Å². The molecule has 1 fully saturated rings. The third-order valence-electron chi connectivity index (χ3n) is 3.32. The molecule has 1 aliphatic rings. The van der Waals surface area contributed by atoms with E-state index in [0.717, 1.165) is 6.54 Å². The number of rotatable bonds is 6. The minimum absolute atomic E-state index is 0.135. The predicted molar refractivity (Wildman–Crippen MR) is 60.6 cm³/mol. The summed E-state index contributed by atoms with van der Waals surface area (Å²) in [6, 6.07) is 2.87. The highest BCUT2D eigenvalue weighted by Gasteiger charge is 2.35. The first-order valence-electron chi connectivity index (χ1n) is 5.82. The van der Waals surface area contributed by atoms with Gasteiger partial charge >= 0.3 is 5.97 Å². The number of hydrogen-bond acceptors (Lipinski definition) is 4. The summed E-state index contributed by atoms with van der Waals surface area (Å²) >= 11 is 0. The Morgan fingerprint density at radius 3 is 2.62 bits per heavy atom. The van der Waals surface area contributed by atoms with Gasteiger partial charge in [-0.05, 0) is 19.8 Å². The Bertz CT molecular complexity index is 281. The largest absolute Gasteiger partial charge is 0.469 e. The van der Waals surface area contributed by atoms with Crippen LogP contribution in [0.5, 0.6) is 0 Å². The number of methoxy groups -OCH3 is 1. The molecule has 2 atom stereocenters. The molecule has 1 rings (SSSR count). The van der Waals surface area contributed by atoms with Crippen LogP contribution >= 0.6 is 0 Å². The van der Waals surface area contributed by atoms with Crippen LogP contribution in [-0.2, 0) is 9.53 Å². The van der Waals surface area contributed by atoms with Crippen LogP contribution in [0.4, 0.5) is 0 Å². The second kappa shape index (κ2) is 5.86. The average Bonchev–Trinajstić information content (AvgIpc) is 3.11. The highest BCUT2D eigenvalue weighted by atomic mass is 16.5. The van der Waals surface area contributed by atoms with E-state index in [9.17, 15) is 4.79 Å². The van der Waals surface area contributed by atoms with Gasteiger partial charge in [0.05, 0.1) is 19.1 Å². The fourth-order valence-electron chi connectivity index (χ4n) is 1.97. The standard InChI is InChI=1S/C12H20N2O2/c1-9(12(15)16-3)10(2)14(8-4-7-13)11-5-6-11/h9-11H,4-6,8H2,1-3H3. The monoisotopic (exact) mass is 224 g/mol. The summed E-state index contributed by atoms with van der Waals surface area (Å²) in [4.78, 5) is 13.7. The van der Waals surface area contributed by atoms with Crippen LogP contribution in [0.1, 0.15) is 33.1 Å². The molecule has 0 heterocycles. The van der Waals surface area contributed by atoms with Gasteiger partial charge in [-0.15, -0.1) is 0 Å². The number of carbonyl (C=O) groups is 1. The first-order chi connectivity index (χ1) is 7.61. The molecule has 4 nitrogen and oxygen atoms in total. The summed E-state index contributed by atoms with van der Waals surface area (Å²) < 4.78 is 4.76. The fraction of sp³-hybridized carbons (Fsp3) is 0.833. The van der Waals surface area contributed by atoms with Crippen LogP contribution in [-0.4, -0.2) is 36.6 Å². The van der Waals surface area contributed by atoms with Crippen LogP contribution in [0, 0.1) is 17.2 Å². The van der Waals surface area contributed by atoms with Crippen LogP contribution < -0.4 is 0 Å². The molecular formula is C12H20N2O2. The van der Waals surface area contributed by atoms with Gasteiger partial charge in [0.15, 0.2) is 0 Å². The molecule has 1 saturated carbocycles. The SMILES string of the molecule is COC(=O)C(C)C(C)N(CCC#N)C1CC1. The van der Waals surface area contributed by atoms with Gasteiger partial charge in [0.25, 0.3) is 0 Å². The summed E-state index contributed by atoms with van der Waals surface area (Å²) in [5.74, 6) is -0.306. The lowest BCUT2D eigenvalue weighted by Gasteiger charge is -2.31. The number of ether oxygens (including phenoxy) is 1. The van der Waals surface area contributed by atoms with Gasteiger partial charge in [-0.2, -0.15) is 5.26 Å². The van der Waals surface area contributed by atoms with Crippen molar-refractivity contribution in [1.82, 2.24) is 4.90 Å². The molecule has 1 aliphatic carbocycles. The molecule has 2 unspecified atom stereocenters. The second-order valence-electron chi connectivity index (χ2n) is 4.43. The van der Waals surface area contributed by atoms with Gasteiger partial charge in [-0.3, -0.25) is 9.69 Å². The van der Waals surface area contributed by atoms with Gasteiger partial charge in [0.2, 0.25) is 0 Å². The first-order valence-corrected chi connectivity index (χ1v) is 5.82. The van der Waals surface area contributed by atoms with Crippen molar-refractivity contribution in [3.63, 3.8) is 0 Å². The van der Waals surface area contributed by atoms with Crippen molar-refractivity contribution in [3.05, 3.63) is 0 Å². The number of nitrogens with zero attached hydrogens (tertiary/aromatic N) is 2. The van der Waals surface area contributed by atoms with Gasteiger partial charge in [0.1, 0.15) is 0 Å². The molecule has 0 aromatic carbocycles. The molecule has 0 aromatic rings. The second-order valence-corrected chi connectivity index (χ2v) is 4.43. The zero-order valence-corrected chi connectivity index (χ0v) is 10.3. The first kappa shape index (κ1) is 13.0. The number of carbonyl (C=O) groups excluding carboxylic acids is 1. The lowest BCUT2D eigenvalue weighted by atomic mass is 10.0. The molecule has 0 spiro atoms. The Kier molecular flexibility index (Phi) is 4.75. The van der Waals surface area contributed by atoms with Gasteiger partial charge < -0.3 is 4.74 Å². The van der Waals surface area contributed by atoms with E-state index in [0.29, 0.717) is 12.5 Å². The molecule has 0 saturated heterocycles. The van der Waals surface area contributed by atoms with Gasteiger partial charge in [-0.1, -0.05) is 6.92 Å². The Morgan fingerprint density at radius 2 is 2.19 bits per heavy atom. The fourth-order valence-corrected chi connectivity index (χ4v) is 1.97. The normalized spacial score (nSPS) is 18.9. The number of esters is 1. The zero-order valence-electron chi connectivity index (χ0n) is 10.3. The minimum atomic E-state index is -0.171. The molecular weight excluding hydrogens is 204 g/mol. The molecule has 0 bridgehead atoms. The maximum atomic E-state index is 11.5. The van der Waals surface area contributed by atoms with E-state index < -0.39 is 0 Å². The molecule has 0 radical (unpaired) electrons. The summed E-state index contributed by atoms with van der Waals surface area (Å²) in [5.41, 5.74) is 0. The maximum Gasteiger partial charge on any atom is 0.309 e. The summed E-state index contributed by atoms with van der Waals surface area (Å²) in [5, 5.41) is 8.62. The smallest absolute Gasteiger partial charge is 0.309 e. The van der Waals surface area contributed by atoms with E-state index in [1.54, 1.807) is 0 Å². The van der Waals surface area contributed by atoms with Crippen LogP contribution in [0.15, 0.2) is 0 Å². The lowest BCUT2D eigenvalue weighted by molar-refractivity contribution is -0.147. The molecule has 0 aliphatic heterocycles. The van der Waals surface area contributed by atoms with E-state index in [1.165, 1.54) is 20.0 Å². The highest BCUT2D eigenvalue weighted by Crippen LogP contribution is 2.30. The predicted octanol–water partition coefficient (Wildman–Crippen LogP) is 1.56. The maximum absolute atomic E-state index is 11.5. The molecule has 0 aromatic heterocycles. The molecule has 4 heteroatoms. The van der Waals surface area contributed by atoms with Crippen molar-refractivity contribution in [2.24, 2.45) is 5.92 Å². The van der Waals surface area contributed by atoms with E-state index in [-0.39, 0.29) is 17.9 Å². The Hall–Kier alpha value is -1.08. The molecule has 0 N–H and O–H groups in total. The summed E-state index contributed by atoms with van der Waals surface area (Å²) in [6.07, 6.45) is 2.89. The van der Waals surface area contributed by atoms with Crippen molar-refractivity contribution in [3.8, 4) is 6.07 Å². The van der Waals surface area contributed by atoms with E-state index in [1.807, 2.05) is 13.8 Å². The average molecular weight is 224 g/mol. The van der Waals surface area contributed by atoms with Crippen molar-refractivity contribution in [1.29, 1.82) is 5.26 Å². The summed E-state index contributed by atoms with van der Waals surface area (Å²) in [7, 11) is 1.42. The van der Waals surface area contributed by atoms with Gasteiger partial charge in [-0.25, -0.2) is 0 Å². The Balaban J connectivity index is 2.56. The highest BCUT2D eigenvalue weighted by molar-refractivity contribution is 5.72. The Labute approximate surface area is 97.2 Å². The van der Waals surface area contributed by atoms with E-state index in [2.05, 4.69) is 11.0 Å². The molecule has 90 valence electrons. The Morgan fingerprint density at radius 1 is 1.56 bits per heavy atom. The third-order valence-corrected chi connectivity index (χ3v) is 3.32. The zero-order chi connectivity index (χ0) is 12.1. The summed E-state index contributed by atoms with van der Waals surface area (Å²) in [6.45, 7) is 4.68. The van der Waals surface area contributed by atoms with Crippen molar-refractivity contribution < 1.29 is 9.53 Å². The van der Waals surface area contributed by atoms with E-state index >= 15 is 0 Å². The van der Waals surface area contributed by atoms with Crippen LogP contribution in [0.25, 0.3) is 0 Å². The minimum Gasteiger partial charge on any atom is -0.469 e.